The Morgan fingerprint density at radius 2 is 1.59 bits per heavy atom. The number of nitrogens with zero attached hydrogens (tertiary/aromatic N) is 2. The highest BCUT2D eigenvalue weighted by molar-refractivity contribution is 7.89. The fraction of sp³-hybridized carbons (Fsp3) is 0.483. The van der Waals surface area contributed by atoms with Crippen LogP contribution in [-0.2, 0) is 10.0 Å². The number of carbonyl (C=O) groups excluding carboxylic acids is 1. The van der Waals surface area contributed by atoms with Crippen LogP contribution in [0.4, 0.5) is 5.69 Å². The number of non-ortho nitro benzene ring substituents is 1. The zero-order chi connectivity index (χ0) is 26.7. The minimum absolute atomic E-state index is 0.0601. The summed E-state index contributed by atoms with van der Waals surface area (Å²) in [5.74, 6) is 0.787. The number of hydrogen-bond donors (Lipinski definition) is 0. The molecule has 2 fully saturated rings. The molecule has 0 N–H and O–H groups in total. The molecular formula is C29H36N2O5S. The normalized spacial score (nSPS) is 20.7. The fourth-order valence-electron chi connectivity index (χ4n) is 5.57. The van der Waals surface area contributed by atoms with Gasteiger partial charge >= 0.3 is 0 Å². The molecule has 4 rings (SSSR count). The fourth-order valence-corrected chi connectivity index (χ4v) is 6.97. The Hall–Kier alpha value is -3.00. The molecule has 2 aliphatic carbocycles. The van der Waals surface area contributed by atoms with E-state index in [1.165, 1.54) is 79.6 Å². The first-order chi connectivity index (χ1) is 17.6. The van der Waals surface area contributed by atoms with Crippen molar-refractivity contribution in [1.29, 1.82) is 0 Å². The number of allylic oxidation sites excluding steroid dienone is 2. The lowest BCUT2D eigenvalue weighted by atomic mass is 9.82. The lowest BCUT2D eigenvalue weighted by Gasteiger charge is -2.25. The number of nitro benzene ring substituents is 1. The predicted octanol–water partition coefficient (Wildman–Crippen LogP) is 6.68. The third-order valence-corrected chi connectivity index (χ3v) is 9.98. The Bertz CT molecular complexity index is 1280. The number of hydrogen-bond acceptors (Lipinski definition) is 5. The molecule has 0 saturated heterocycles. The largest absolute Gasteiger partial charge is 0.269 e. The van der Waals surface area contributed by atoms with Crippen molar-refractivity contribution in [3.63, 3.8) is 0 Å². The molecular weight excluding hydrogens is 488 g/mol. The van der Waals surface area contributed by atoms with Gasteiger partial charge in [0, 0.05) is 24.2 Å². The molecule has 2 saturated carbocycles. The maximum absolute atomic E-state index is 13.6. The van der Waals surface area contributed by atoms with E-state index >= 15 is 0 Å². The molecule has 0 spiro atoms. The van der Waals surface area contributed by atoms with E-state index in [-0.39, 0.29) is 22.7 Å². The number of aryl methyl sites for hydroxylation is 1. The molecule has 198 valence electrons. The zero-order valence-corrected chi connectivity index (χ0v) is 22.7. The summed E-state index contributed by atoms with van der Waals surface area (Å²) in [4.78, 5) is 24.0. The minimum atomic E-state index is -4.09. The second-order valence-electron chi connectivity index (χ2n) is 10.6. The van der Waals surface area contributed by atoms with Crippen LogP contribution >= 0.6 is 0 Å². The standard InChI is InChI=1S/C29H36N2O5S/c1-20-9-15-27(16-10-20)37(35,36)30(29(32)24-11-13-26(14-12-24)31(33)34)18-17-25-19-28(25)22(3)21(2)23-7-5-4-6-8-23/h9-16,23,25,28H,4-8,17-19H2,1-3H3/b22-21+. The zero-order valence-electron chi connectivity index (χ0n) is 21.9. The van der Waals surface area contributed by atoms with Gasteiger partial charge in [-0.1, -0.05) is 48.1 Å². The van der Waals surface area contributed by atoms with Gasteiger partial charge in [-0.15, -0.1) is 0 Å². The molecule has 2 aliphatic rings. The average Bonchev–Trinajstić information content (AvgIpc) is 3.68. The first-order valence-corrected chi connectivity index (χ1v) is 14.6. The molecule has 8 heteroatoms. The third kappa shape index (κ3) is 6.12. The number of benzene rings is 2. The molecule has 2 aromatic carbocycles. The topological polar surface area (TPSA) is 97.6 Å². The molecule has 2 unspecified atom stereocenters. The highest BCUT2D eigenvalue weighted by Gasteiger charge is 2.41. The molecule has 37 heavy (non-hydrogen) atoms. The number of amides is 1. The lowest BCUT2D eigenvalue weighted by molar-refractivity contribution is -0.384. The highest BCUT2D eigenvalue weighted by Crippen LogP contribution is 2.49. The SMILES string of the molecule is C/C(=C(/C)C1CC1CCN(C(=O)c1ccc([N+](=O)[O-])cc1)S(=O)(=O)c1ccc(C)cc1)C1CCCCC1. The van der Waals surface area contributed by atoms with E-state index in [9.17, 15) is 23.3 Å². The lowest BCUT2D eigenvalue weighted by Crippen LogP contribution is -2.38. The van der Waals surface area contributed by atoms with Crippen molar-refractivity contribution in [2.45, 2.75) is 70.6 Å². The van der Waals surface area contributed by atoms with Gasteiger partial charge in [-0.3, -0.25) is 14.9 Å². The van der Waals surface area contributed by atoms with Crippen LogP contribution in [0.2, 0.25) is 0 Å². The smallest absolute Gasteiger partial charge is 0.268 e. The predicted molar refractivity (Wildman–Crippen MR) is 144 cm³/mol. The Labute approximate surface area is 219 Å². The number of rotatable bonds is 9. The van der Waals surface area contributed by atoms with Crippen molar-refractivity contribution < 1.29 is 18.1 Å². The maximum atomic E-state index is 13.6. The van der Waals surface area contributed by atoms with Crippen molar-refractivity contribution in [1.82, 2.24) is 4.31 Å². The van der Waals surface area contributed by atoms with Gasteiger partial charge in [0.1, 0.15) is 0 Å². The van der Waals surface area contributed by atoms with Crippen molar-refractivity contribution in [3.8, 4) is 0 Å². The second kappa shape index (κ2) is 11.2. The summed E-state index contributed by atoms with van der Waals surface area (Å²) in [6.07, 6.45) is 8.02. The molecule has 0 heterocycles. The first kappa shape index (κ1) is 27.0. The van der Waals surface area contributed by atoms with Crippen LogP contribution in [0.25, 0.3) is 0 Å². The van der Waals surface area contributed by atoms with Crippen LogP contribution in [0.1, 0.15) is 74.7 Å². The molecule has 7 nitrogen and oxygen atoms in total. The van der Waals surface area contributed by atoms with Gasteiger partial charge in [0.05, 0.1) is 9.82 Å². The van der Waals surface area contributed by atoms with Crippen molar-refractivity contribution in [3.05, 3.63) is 80.9 Å². The quantitative estimate of drug-likeness (QED) is 0.207. The summed E-state index contributed by atoms with van der Waals surface area (Å²) in [6, 6.07) is 11.5. The van der Waals surface area contributed by atoms with Crippen LogP contribution in [0.5, 0.6) is 0 Å². The Morgan fingerprint density at radius 3 is 2.19 bits per heavy atom. The summed E-state index contributed by atoms with van der Waals surface area (Å²) in [6.45, 7) is 6.42. The maximum Gasteiger partial charge on any atom is 0.269 e. The van der Waals surface area contributed by atoms with E-state index in [1.54, 1.807) is 12.1 Å². The van der Waals surface area contributed by atoms with E-state index in [0.29, 0.717) is 24.2 Å². The van der Waals surface area contributed by atoms with Crippen LogP contribution < -0.4 is 0 Å². The minimum Gasteiger partial charge on any atom is -0.268 e. The van der Waals surface area contributed by atoms with Gasteiger partial charge < -0.3 is 0 Å². The number of carbonyl (C=O) groups is 1. The summed E-state index contributed by atoms with van der Waals surface area (Å²) in [5, 5.41) is 11.0. The summed E-state index contributed by atoms with van der Waals surface area (Å²) in [7, 11) is -4.09. The monoisotopic (exact) mass is 524 g/mol. The summed E-state index contributed by atoms with van der Waals surface area (Å²) < 4.78 is 28.1. The second-order valence-corrected chi connectivity index (χ2v) is 12.5. The summed E-state index contributed by atoms with van der Waals surface area (Å²) in [5.41, 5.74) is 3.81. The summed E-state index contributed by atoms with van der Waals surface area (Å²) >= 11 is 0. The van der Waals surface area contributed by atoms with Gasteiger partial charge in [-0.25, -0.2) is 12.7 Å². The molecule has 0 aliphatic heterocycles. The van der Waals surface area contributed by atoms with Gasteiger partial charge in [0.25, 0.3) is 21.6 Å². The Kier molecular flexibility index (Phi) is 8.17. The Balaban J connectivity index is 1.53. The average molecular weight is 525 g/mol. The van der Waals surface area contributed by atoms with E-state index in [0.717, 1.165) is 16.3 Å². The van der Waals surface area contributed by atoms with Gasteiger partial charge in [-0.2, -0.15) is 0 Å². The van der Waals surface area contributed by atoms with Crippen LogP contribution in [0.15, 0.2) is 64.6 Å². The number of sulfonamides is 1. The molecule has 0 radical (unpaired) electrons. The van der Waals surface area contributed by atoms with E-state index in [4.69, 9.17) is 0 Å². The van der Waals surface area contributed by atoms with E-state index in [1.807, 2.05) is 6.92 Å². The number of nitro groups is 1. The molecule has 2 atom stereocenters. The van der Waals surface area contributed by atoms with Crippen LogP contribution in [0.3, 0.4) is 0 Å². The molecule has 0 bridgehead atoms. The van der Waals surface area contributed by atoms with E-state index in [2.05, 4.69) is 13.8 Å². The van der Waals surface area contributed by atoms with Crippen molar-refractivity contribution >= 4 is 21.6 Å². The molecule has 0 aromatic heterocycles. The van der Waals surface area contributed by atoms with Gasteiger partial charge in [0.2, 0.25) is 0 Å². The van der Waals surface area contributed by atoms with Crippen molar-refractivity contribution in [2.24, 2.45) is 17.8 Å². The Morgan fingerprint density at radius 1 is 0.973 bits per heavy atom. The molecule has 1 amide bonds. The highest BCUT2D eigenvalue weighted by atomic mass is 32.2. The van der Waals surface area contributed by atoms with Crippen LogP contribution in [0, 0.1) is 34.8 Å². The van der Waals surface area contributed by atoms with Gasteiger partial charge in [-0.05, 0) is 88.5 Å². The molecule has 2 aromatic rings. The van der Waals surface area contributed by atoms with Crippen molar-refractivity contribution in [2.75, 3.05) is 6.54 Å². The first-order valence-electron chi connectivity index (χ1n) is 13.1. The van der Waals surface area contributed by atoms with Gasteiger partial charge in [0.15, 0.2) is 0 Å². The third-order valence-electron chi connectivity index (χ3n) is 8.18. The van der Waals surface area contributed by atoms with Crippen LogP contribution in [-0.4, -0.2) is 30.1 Å². The van der Waals surface area contributed by atoms with E-state index < -0.39 is 20.9 Å².